The molecule has 0 radical (unpaired) electrons. The van der Waals surface area contributed by atoms with Crippen molar-refractivity contribution in [2.75, 3.05) is 28.4 Å². The largest absolute Gasteiger partial charge is 0.502 e. The summed E-state index contributed by atoms with van der Waals surface area (Å²) in [5.74, 6) is 3.41. The van der Waals surface area contributed by atoms with Gasteiger partial charge in [-0.05, 0) is 54.3 Å². The smallest absolute Gasteiger partial charge is 0.211 e. The summed E-state index contributed by atoms with van der Waals surface area (Å²) in [6, 6.07) is 11.7. The molecule has 1 N–H and O–H groups in total. The van der Waals surface area contributed by atoms with E-state index in [-0.39, 0.29) is 23.5 Å². The molecule has 1 heterocycles. The topological polar surface area (TPSA) is 75.6 Å². The van der Waals surface area contributed by atoms with Crippen LogP contribution in [0.3, 0.4) is 0 Å². The molecule has 0 amide bonds. The summed E-state index contributed by atoms with van der Waals surface area (Å²) in [5.41, 5.74) is 4.24. The minimum Gasteiger partial charge on any atom is -0.502 e. The molecule has 204 valence electrons. The normalized spacial score (nSPS) is 16.0. The van der Waals surface area contributed by atoms with Gasteiger partial charge in [0.15, 0.2) is 34.5 Å². The van der Waals surface area contributed by atoms with Crippen LogP contribution < -0.4 is 28.4 Å². The molecule has 3 aromatic rings. The molecule has 0 saturated heterocycles. The summed E-state index contributed by atoms with van der Waals surface area (Å²) >= 11 is 0. The van der Waals surface area contributed by atoms with Gasteiger partial charge in [-0.1, -0.05) is 39.7 Å². The average molecular weight is 523 g/mol. The van der Waals surface area contributed by atoms with Gasteiger partial charge < -0.3 is 33.5 Å². The maximum absolute atomic E-state index is 10.8. The molecule has 4 rings (SSSR count). The summed E-state index contributed by atoms with van der Waals surface area (Å²) in [7, 11) is 6.34. The molecule has 0 bridgehead atoms. The van der Waals surface area contributed by atoms with E-state index in [0.29, 0.717) is 23.0 Å². The lowest BCUT2D eigenvalue weighted by molar-refractivity contribution is 0.207. The molecule has 2 unspecified atom stereocenters. The van der Waals surface area contributed by atoms with E-state index in [9.17, 15) is 5.11 Å². The Morgan fingerprint density at radius 3 is 1.79 bits per heavy atom. The van der Waals surface area contributed by atoms with E-state index in [0.717, 1.165) is 53.9 Å². The van der Waals surface area contributed by atoms with Crippen molar-refractivity contribution in [3.63, 3.8) is 0 Å². The molecule has 7 heteroatoms. The Labute approximate surface area is 225 Å². The Balaban J connectivity index is 1.73. The molecule has 1 aliphatic rings. The summed E-state index contributed by atoms with van der Waals surface area (Å²) < 4.78 is 35.2. The minimum atomic E-state index is -0.269. The van der Waals surface area contributed by atoms with Gasteiger partial charge in [0.25, 0.3) is 0 Å². The molecule has 2 atom stereocenters. The average Bonchev–Trinajstić information content (AvgIpc) is 3.26. The van der Waals surface area contributed by atoms with Crippen LogP contribution >= 0.6 is 0 Å². The second-order valence-corrected chi connectivity index (χ2v) is 9.54. The number of fused-ring (bicyclic) bond motifs is 1. The number of phenols is 1. The van der Waals surface area contributed by atoms with Gasteiger partial charge in [0.1, 0.15) is 6.10 Å². The first-order chi connectivity index (χ1) is 18.4. The van der Waals surface area contributed by atoms with Crippen LogP contribution in [0.4, 0.5) is 0 Å². The Kier molecular flexibility index (Phi) is 8.45. The molecular weight excluding hydrogens is 484 g/mol. The third-order valence-electron chi connectivity index (χ3n) is 6.97. The minimum absolute atomic E-state index is 0.0796. The zero-order valence-corrected chi connectivity index (χ0v) is 23.3. The van der Waals surface area contributed by atoms with Crippen LogP contribution in [0.25, 0.3) is 0 Å². The lowest BCUT2D eigenvalue weighted by Gasteiger charge is -2.21. The van der Waals surface area contributed by atoms with Crippen molar-refractivity contribution >= 4 is 0 Å². The fraction of sp³-hybridized carbons (Fsp3) is 0.419. The molecule has 0 aromatic heterocycles. The highest BCUT2D eigenvalue weighted by molar-refractivity contribution is 5.61. The van der Waals surface area contributed by atoms with Gasteiger partial charge in [-0.2, -0.15) is 0 Å². The predicted octanol–water partition coefficient (Wildman–Crippen LogP) is 7.36. The second-order valence-electron chi connectivity index (χ2n) is 9.54. The third kappa shape index (κ3) is 5.15. The van der Waals surface area contributed by atoms with Gasteiger partial charge in [-0.25, -0.2) is 0 Å². The molecule has 3 aromatic carbocycles. The number of hydrogen-bond acceptors (Lipinski definition) is 7. The van der Waals surface area contributed by atoms with Crippen LogP contribution in [0.15, 0.2) is 36.4 Å². The molecule has 7 nitrogen and oxygen atoms in total. The molecular formula is C31H38O7. The molecule has 0 saturated carbocycles. The number of methoxy groups -OCH3 is 4. The van der Waals surface area contributed by atoms with Gasteiger partial charge in [-0.15, -0.1) is 0 Å². The lowest BCUT2D eigenvalue weighted by Crippen LogP contribution is -2.08. The first-order valence-electron chi connectivity index (χ1n) is 13.1. The maximum atomic E-state index is 10.8. The highest BCUT2D eigenvalue weighted by atomic mass is 16.5. The van der Waals surface area contributed by atoms with Gasteiger partial charge in [0.05, 0.1) is 28.4 Å². The summed E-state index contributed by atoms with van der Waals surface area (Å²) in [5, 5.41) is 10.8. The lowest BCUT2D eigenvalue weighted by atomic mass is 9.91. The number of aromatic hydroxyl groups is 1. The number of aryl methyl sites for hydroxylation is 2. The van der Waals surface area contributed by atoms with E-state index < -0.39 is 0 Å². The summed E-state index contributed by atoms with van der Waals surface area (Å²) in [6.45, 7) is 6.41. The standard InChI is InChI=1S/C31H38O7/c1-8-10-19-12-22-18(3)29(38-30(22)25(15-19)34-5)21-16-26(35-6)31(27(17-21)36-7)37-24-14-20(11-9-2)13-23(33-4)28(24)32/h12-18,29,32H,8-11H2,1-7H3. The number of ether oxygens (including phenoxy) is 6. The fourth-order valence-corrected chi connectivity index (χ4v) is 5.06. The molecule has 0 spiro atoms. The van der Waals surface area contributed by atoms with Crippen molar-refractivity contribution in [3.05, 3.63) is 58.7 Å². The Morgan fingerprint density at radius 1 is 0.711 bits per heavy atom. The van der Waals surface area contributed by atoms with E-state index >= 15 is 0 Å². The second kappa shape index (κ2) is 11.8. The Hall–Kier alpha value is -3.74. The van der Waals surface area contributed by atoms with Gasteiger partial charge in [-0.3, -0.25) is 0 Å². The van der Waals surface area contributed by atoms with Crippen LogP contribution in [0.1, 0.15) is 67.9 Å². The molecule has 1 aliphatic heterocycles. The van der Waals surface area contributed by atoms with Gasteiger partial charge in [0.2, 0.25) is 11.5 Å². The Morgan fingerprint density at radius 2 is 1.24 bits per heavy atom. The summed E-state index contributed by atoms with van der Waals surface area (Å²) in [6.07, 6.45) is 3.53. The number of rotatable bonds is 11. The van der Waals surface area contributed by atoms with Gasteiger partial charge >= 0.3 is 0 Å². The van der Waals surface area contributed by atoms with E-state index in [2.05, 4.69) is 32.9 Å². The van der Waals surface area contributed by atoms with E-state index in [1.54, 1.807) is 21.3 Å². The highest BCUT2D eigenvalue weighted by Crippen LogP contribution is 2.53. The fourth-order valence-electron chi connectivity index (χ4n) is 5.06. The summed E-state index contributed by atoms with van der Waals surface area (Å²) in [4.78, 5) is 0. The maximum Gasteiger partial charge on any atom is 0.211 e. The first-order valence-corrected chi connectivity index (χ1v) is 13.1. The number of hydrogen-bond donors (Lipinski definition) is 1. The highest BCUT2D eigenvalue weighted by Gasteiger charge is 2.36. The van der Waals surface area contributed by atoms with Crippen LogP contribution in [-0.4, -0.2) is 33.5 Å². The zero-order valence-electron chi connectivity index (χ0n) is 23.3. The van der Waals surface area contributed by atoms with E-state index in [4.69, 9.17) is 28.4 Å². The number of benzene rings is 3. The van der Waals surface area contributed by atoms with Gasteiger partial charge in [0, 0.05) is 17.0 Å². The monoisotopic (exact) mass is 522 g/mol. The van der Waals surface area contributed by atoms with Crippen molar-refractivity contribution in [1.29, 1.82) is 0 Å². The van der Waals surface area contributed by atoms with Crippen LogP contribution in [0.2, 0.25) is 0 Å². The Bertz CT molecular complexity index is 1260. The third-order valence-corrected chi connectivity index (χ3v) is 6.97. The predicted molar refractivity (Wildman–Crippen MR) is 147 cm³/mol. The van der Waals surface area contributed by atoms with Crippen molar-refractivity contribution in [3.8, 4) is 46.0 Å². The van der Waals surface area contributed by atoms with Crippen LogP contribution in [0, 0.1) is 0 Å². The quantitative estimate of drug-likeness (QED) is 0.282. The van der Waals surface area contributed by atoms with Crippen molar-refractivity contribution in [2.24, 2.45) is 0 Å². The molecule has 0 fully saturated rings. The number of phenolic OH excluding ortho intramolecular Hbond substituents is 1. The van der Waals surface area contributed by atoms with E-state index in [1.807, 2.05) is 24.3 Å². The van der Waals surface area contributed by atoms with Crippen LogP contribution in [0.5, 0.6) is 46.0 Å². The zero-order chi connectivity index (χ0) is 27.4. The van der Waals surface area contributed by atoms with Crippen LogP contribution in [-0.2, 0) is 12.8 Å². The van der Waals surface area contributed by atoms with E-state index in [1.165, 1.54) is 12.7 Å². The van der Waals surface area contributed by atoms with Crippen molar-refractivity contribution in [2.45, 2.75) is 58.5 Å². The molecule has 38 heavy (non-hydrogen) atoms. The van der Waals surface area contributed by atoms with Crippen molar-refractivity contribution < 1.29 is 33.5 Å². The first kappa shape index (κ1) is 27.3. The molecule has 0 aliphatic carbocycles. The SMILES string of the molecule is CCCc1cc(OC)c(O)c(Oc2c(OC)cc(C3Oc4c(OC)cc(CCC)cc4C3C)cc2OC)c1. The van der Waals surface area contributed by atoms with Crippen molar-refractivity contribution in [1.82, 2.24) is 0 Å².